The summed E-state index contributed by atoms with van der Waals surface area (Å²) in [6.07, 6.45) is 12.6. The van der Waals surface area contributed by atoms with E-state index in [1.54, 1.807) is 0 Å². The highest BCUT2D eigenvalue weighted by Gasteiger charge is 2.07. The zero-order valence-electron chi connectivity index (χ0n) is 8.57. The van der Waals surface area contributed by atoms with Crippen LogP contribution < -0.4 is 5.32 Å². The molecule has 0 bridgehead atoms. The van der Waals surface area contributed by atoms with Crippen LogP contribution in [-0.2, 0) is 0 Å². The summed E-state index contributed by atoms with van der Waals surface area (Å²) >= 11 is 0. The van der Waals surface area contributed by atoms with Crippen LogP contribution >= 0.6 is 0 Å². The van der Waals surface area contributed by atoms with Crippen molar-refractivity contribution in [3.05, 3.63) is 60.6 Å². The highest BCUT2D eigenvalue weighted by molar-refractivity contribution is 5.88. The second kappa shape index (κ2) is 3.70. The maximum absolute atomic E-state index is 4.21. The smallest absolute Gasteiger partial charge is 0.174 e. The third-order valence-corrected chi connectivity index (χ3v) is 2.50. The Bertz CT molecular complexity index is 602. The van der Waals surface area contributed by atoms with Crippen LogP contribution in [0.1, 0.15) is 5.56 Å². The van der Waals surface area contributed by atoms with E-state index in [2.05, 4.69) is 21.6 Å². The van der Waals surface area contributed by atoms with Crippen LogP contribution in [0.4, 0.5) is 0 Å². The average molecular weight is 208 g/mol. The third kappa shape index (κ3) is 1.42. The molecular weight excluding hydrogens is 198 g/mol. The van der Waals surface area contributed by atoms with Crippen molar-refractivity contribution in [2.75, 3.05) is 0 Å². The first-order valence-electron chi connectivity index (χ1n) is 5.10. The lowest BCUT2D eigenvalue weighted by atomic mass is 10.1. The van der Waals surface area contributed by atoms with E-state index < -0.39 is 0 Å². The van der Waals surface area contributed by atoms with Gasteiger partial charge in [-0.15, -0.1) is 0 Å². The molecule has 0 amide bonds. The summed E-state index contributed by atoms with van der Waals surface area (Å²) in [5.41, 5.74) is 4.05. The first kappa shape index (κ1) is 8.97. The molecule has 2 N–H and O–H groups in total. The number of aromatic amines is 1. The van der Waals surface area contributed by atoms with Gasteiger partial charge in [0.2, 0.25) is 0 Å². The van der Waals surface area contributed by atoms with Gasteiger partial charge in [0.1, 0.15) is 0 Å². The standard InChI is InChI=1S/C13H10N3/c1-2-6-11(14-8-3-1)10-5-4-7-12-13(10)16-9-15-12/h1-8,14H,(H,15,16). The zero-order valence-corrected chi connectivity index (χ0v) is 8.57. The number of H-pyrrole nitrogens is 1. The molecule has 0 saturated carbocycles. The average Bonchev–Trinajstić information content (AvgIpc) is 2.63. The first-order chi connectivity index (χ1) is 7.95. The summed E-state index contributed by atoms with van der Waals surface area (Å²) in [7, 11) is 0. The largest absolute Gasteiger partial charge is 0.361 e. The van der Waals surface area contributed by atoms with E-state index in [1.807, 2.05) is 48.7 Å². The number of allylic oxidation sites excluding steroid dienone is 4. The monoisotopic (exact) mass is 208 g/mol. The Balaban J connectivity index is 2.18. The molecule has 1 radical (unpaired) electrons. The molecule has 3 heteroatoms. The maximum Gasteiger partial charge on any atom is 0.174 e. The number of benzene rings is 1. The van der Waals surface area contributed by atoms with Crippen LogP contribution in [0.3, 0.4) is 0 Å². The fourth-order valence-electron chi connectivity index (χ4n) is 1.75. The number of fused-ring (bicyclic) bond motifs is 1. The summed E-state index contributed by atoms with van der Waals surface area (Å²) in [4.78, 5) is 7.20. The number of hydrogen-bond acceptors (Lipinski definition) is 2. The van der Waals surface area contributed by atoms with Gasteiger partial charge in [0.05, 0.1) is 11.0 Å². The summed E-state index contributed by atoms with van der Waals surface area (Å²) in [5.74, 6) is 0. The molecule has 1 aliphatic rings. The lowest BCUT2D eigenvalue weighted by molar-refractivity contribution is 1.22. The molecular formula is C13H10N3. The SMILES string of the molecule is [c]1nc2c(C3=CC=CC=CN3)cccc2[nH]1. The predicted molar refractivity (Wildman–Crippen MR) is 64.3 cm³/mol. The van der Waals surface area contributed by atoms with E-state index in [0.717, 1.165) is 22.3 Å². The van der Waals surface area contributed by atoms with Crippen LogP contribution in [0.25, 0.3) is 16.7 Å². The van der Waals surface area contributed by atoms with E-state index in [0.29, 0.717) is 0 Å². The van der Waals surface area contributed by atoms with Gasteiger partial charge in [-0.3, -0.25) is 0 Å². The van der Waals surface area contributed by atoms with Crippen molar-refractivity contribution in [1.29, 1.82) is 0 Å². The highest BCUT2D eigenvalue weighted by atomic mass is 14.9. The molecule has 16 heavy (non-hydrogen) atoms. The number of nitrogens with one attached hydrogen (secondary N) is 2. The van der Waals surface area contributed by atoms with Gasteiger partial charge in [-0.25, -0.2) is 4.98 Å². The molecule has 77 valence electrons. The molecule has 0 saturated heterocycles. The van der Waals surface area contributed by atoms with Gasteiger partial charge < -0.3 is 10.3 Å². The number of rotatable bonds is 1. The molecule has 1 aromatic heterocycles. The van der Waals surface area contributed by atoms with Crippen molar-refractivity contribution in [2.45, 2.75) is 0 Å². The Morgan fingerprint density at radius 2 is 2.12 bits per heavy atom. The first-order valence-corrected chi connectivity index (χ1v) is 5.10. The molecule has 2 heterocycles. The summed E-state index contributed by atoms with van der Waals surface area (Å²) in [6, 6.07) is 6.04. The van der Waals surface area contributed by atoms with E-state index in [9.17, 15) is 0 Å². The quantitative estimate of drug-likeness (QED) is 0.755. The van der Waals surface area contributed by atoms with Crippen LogP contribution in [0.5, 0.6) is 0 Å². The molecule has 1 aliphatic heterocycles. The van der Waals surface area contributed by atoms with Gasteiger partial charge in [-0.1, -0.05) is 24.3 Å². The molecule has 0 atom stereocenters. The summed E-state index contributed by atoms with van der Waals surface area (Å²) in [5, 5.41) is 3.23. The van der Waals surface area contributed by atoms with Crippen LogP contribution in [-0.4, -0.2) is 9.97 Å². The topological polar surface area (TPSA) is 40.7 Å². The van der Waals surface area contributed by atoms with Crippen LogP contribution in [0.2, 0.25) is 0 Å². The van der Waals surface area contributed by atoms with Gasteiger partial charge in [0.25, 0.3) is 0 Å². The molecule has 0 unspecified atom stereocenters. The van der Waals surface area contributed by atoms with Gasteiger partial charge in [-0.2, -0.15) is 0 Å². The van der Waals surface area contributed by atoms with Crippen molar-refractivity contribution >= 4 is 16.7 Å². The minimum Gasteiger partial charge on any atom is -0.361 e. The molecule has 1 aromatic carbocycles. The lowest BCUT2D eigenvalue weighted by Gasteiger charge is -2.06. The Hall–Kier alpha value is -2.29. The van der Waals surface area contributed by atoms with Crippen molar-refractivity contribution in [1.82, 2.24) is 15.3 Å². The van der Waals surface area contributed by atoms with E-state index in [-0.39, 0.29) is 0 Å². The van der Waals surface area contributed by atoms with Crippen molar-refractivity contribution < 1.29 is 0 Å². The molecule has 2 aromatic rings. The van der Waals surface area contributed by atoms with E-state index in [1.165, 1.54) is 0 Å². The second-order valence-corrected chi connectivity index (χ2v) is 3.52. The second-order valence-electron chi connectivity index (χ2n) is 3.52. The highest BCUT2D eigenvalue weighted by Crippen LogP contribution is 2.21. The Morgan fingerprint density at radius 3 is 3.12 bits per heavy atom. The number of aromatic nitrogens is 2. The predicted octanol–water partition coefficient (Wildman–Crippen LogP) is 2.38. The van der Waals surface area contributed by atoms with Crippen LogP contribution in [0.15, 0.2) is 48.7 Å². The number of hydrogen-bond donors (Lipinski definition) is 2. The minimum atomic E-state index is 0.935. The van der Waals surface area contributed by atoms with Crippen molar-refractivity contribution in [3.63, 3.8) is 0 Å². The lowest BCUT2D eigenvalue weighted by Crippen LogP contribution is -2.03. The Kier molecular flexibility index (Phi) is 2.07. The van der Waals surface area contributed by atoms with Gasteiger partial charge in [0.15, 0.2) is 6.33 Å². The summed E-state index contributed by atoms with van der Waals surface area (Å²) in [6.45, 7) is 0. The molecule has 3 nitrogen and oxygen atoms in total. The van der Waals surface area contributed by atoms with Gasteiger partial charge in [0, 0.05) is 17.5 Å². The maximum atomic E-state index is 4.21. The fraction of sp³-hybridized carbons (Fsp3) is 0. The molecule has 3 rings (SSSR count). The Morgan fingerprint density at radius 1 is 1.12 bits per heavy atom. The number of para-hydroxylation sites is 1. The number of nitrogens with zero attached hydrogens (tertiary/aromatic N) is 1. The molecule has 0 spiro atoms. The minimum absolute atomic E-state index is 0.935. The van der Waals surface area contributed by atoms with Gasteiger partial charge in [-0.05, 0) is 18.2 Å². The van der Waals surface area contributed by atoms with Gasteiger partial charge >= 0.3 is 0 Å². The Labute approximate surface area is 93.2 Å². The van der Waals surface area contributed by atoms with Crippen molar-refractivity contribution in [2.24, 2.45) is 0 Å². The van der Waals surface area contributed by atoms with Crippen molar-refractivity contribution in [3.8, 4) is 0 Å². The molecule has 0 fully saturated rings. The molecule has 0 aliphatic carbocycles. The zero-order chi connectivity index (χ0) is 10.8. The normalized spacial score (nSPS) is 14.6. The van der Waals surface area contributed by atoms with E-state index >= 15 is 0 Å². The van der Waals surface area contributed by atoms with E-state index in [4.69, 9.17) is 0 Å². The summed E-state index contributed by atoms with van der Waals surface area (Å²) < 4.78 is 0. The fourth-order valence-corrected chi connectivity index (χ4v) is 1.75. The number of imidazole rings is 1. The third-order valence-electron chi connectivity index (χ3n) is 2.50. The van der Waals surface area contributed by atoms with Crippen LogP contribution in [0, 0.1) is 6.33 Å².